The second kappa shape index (κ2) is 7.44. The van der Waals surface area contributed by atoms with Crippen LogP contribution in [0.3, 0.4) is 0 Å². The second-order valence-corrected chi connectivity index (χ2v) is 5.68. The van der Waals surface area contributed by atoms with Crippen molar-refractivity contribution in [2.45, 2.75) is 13.0 Å². The Hall–Kier alpha value is -2.73. The fourth-order valence-corrected chi connectivity index (χ4v) is 2.60. The van der Waals surface area contributed by atoms with Crippen LogP contribution in [0, 0.1) is 0 Å². The van der Waals surface area contributed by atoms with E-state index in [9.17, 15) is 9.59 Å². The largest absolute Gasteiger partial charge is 0.485 e. The Kier molecular flexibility index (Phi) is 5.09. The minimum Gasteiger partial charge on any atom is -0.485 e. The van der Waals surface area contributed by atoms with Crippen molar-refractivity contribution in [2.75, 3.05) is 18.5 Å². The molecule has 0 bridgehead atoms. The van der Waals surface area contributed by atoms with Crippen LogP contribution in [0.1, 0.15) is 17.3 Å². The molecule has 0 aliphatic carbocycles. The Labute approximate surface area is 149 Å². The van der Waals surface area contributed by atoms with Gasteiger partial charge in [0, 0.05) is 5.69 Å². The van der Waals surface area contributed by atoms with Gasteiger partial charge < -0.3 is 19.5 Å². The third-order valence-corrected chi connectivity index (χ3v) is 3.85. The van der Waals surface area contributed by atoms with Gasteiger partial charge in [-0.25, -0.2) is 4.79 Å². The Bertz CT molecular complexity index is 808. The average Bonchev–Trinajstić information content (AvgIpc) is 2.61. The van der Waals surface area contributed by atoms with E-state index in [2.05, 4.69) is 5.32 Å². The number of hydrogen-bond donors (Lipinski definition) is 1. The number of carbonyl (C=O) groups is 2. The second-order valence-electron chi connectivity index (χ2n) is 5.27. The van der Waals surface area contributed by atoms with Gasteiger partial charge in [-0.05, 0) is 37.3 Å². The monoisotopic (exact) mass is 361 g/mol. The lowest BCUT2D eigenvalue weighted by atomic mass is 10.2. The van der Waals surface area contributed by atoms with Gasteiger partial charge in [0.05, 0.1) is 17.2 Å². The summed E-state index contributed by atoms with van der Waals surface area (Å²) in [5.41, 5.74) is 0.693. The van der Waals surface area contributed by atoms with Crippen LogP contribution in [-0.4, -0.2) is 31.2 Å². The first-order valence-corrected chi connectivity index (χ1v) is 8.12. The summed E-state index contributed by atoms with van der Waals surface area (Å²) in [7, 11) is 0. The van der Waals surface area contributed by atoms with E-state index in [1.54, 1.807) is 31.2 Å². The summed E-state index contributed by atoms with van der Waals surface area (Å²) in [5, 5.41) is 2.90. The maximum Gasteiger partial charge on any atom is 0.339 e. The van der Waals surface area contributed by atoms with Crippen LogP contribution in [0.4, 0.5) is 5.69 Å². The summed E-state index contributed by atoms with van der Waals surface area (Å²) >= 11 is 6.09. The Morgan fingerprint density at radius 1 is 1.24 bits per heavy atom. The molecule has 0 saturated carbocycles. The van der Waals surface area contributed by atoms with Gasteiger partial charge in [-0.1, -0.05) is 23.7 Å². The van der Waals surface area contributed by atoms with Gasteiger partial charge in [-0.2, -0.15) is 0 Å². The number of ether oxygens (including phenoxy) is 3. The highest BCUT2D eigenvalue weighted by atomic mass is 35.5. The van der Waals surface area contributed by atoms with Crippen molar-refractivity contribution in [1.29, 1.82) is 0 Å². The van der Waals surface area contributed by atoms with Gasteiger partial charge in [0.25, 0.3) is 5.91 Å². The molecule has 0 fully saturated rings. The van der Waals surface area contributed by atoms with E-state index in [0.29, 0.717) is 17.2 Å². The predicted octanol–water partition coefficient (Wildman–Crippen LogP) is 3.30. The molecule has 1 aliphatic heterocycles. The number of carbonyl (C=O) groups excluding carboxylic acids is 2. The summed E-state index contributed by atoms with van der Waals surface area (Å²) in [6, 6.07) is 11.7. The molecule has 0 radical (unpaired) electrons. The zero-order valence-electron chi connectivity index (χ0n) is 13.5. The molecule has 1 heterocycles. The molecule has 3 rings (SSSR count). The van der Waals surface area contributed by atoms with Crippen LogP contribution < -0.4 is 14.8 Å². The topological polar surface area (TPSA) is 73.9 Å². The maximum absolute atomic E-state index is 12.4. The van der Waals surface area contributed by atoms with Gasteiger partial charge in [0.15, 0.2) is 11.5 Å². The van der Waals surface area contributed by atoms with Crippen LogP contribution in [0.25, 0.3) is 0 Å². The highest BCUT2D eigenvalue weighted by molar-refractivity contribution is 6.34. The zero-order chi connectivity index (χ0) is 17.8. The molecule has 7 heteroatoms. The van der Waals surface area contributed by atoms with Crippen LogP contribution >= 0.6 is 11.6 Å². The van der Waals surface area contributed by atoms with Crippen LogP contribution in [0.15, 0.2) is 42.5 Å². The van der Waals surface area contributed by atoms with Gasteiger partial charge in [0.1, 0.15) is 6.61 Å². The number of para-hydroxylation sites is 2. The number of hydrogen-bond acceptors (Lipinski definition) is 5. The number of fused-ring (bicyclic) bond motifs is 1. The van der Waals surface area contributed by atoms with Crippen molar-refractivity contribution in [3.05, 3.63) is 53.1 Å². The third kappa shape index (κ3) is 3.85. The molecule has 1 aliphatic rings. The number of rotatable bonds is 4. The first-order valence-electron chi connectivity index (χ1n) is 7.74. The number of halogens is 1. The summed E-state index contributed by atoms with van der Waals surface area (Å²) in [6.45, 7) is 2.08. The Morgan fingerprint density at radius 2 is 2.00 bits per heavy atom. The maximum atomic E-state index is 12.4. The van der Waals surface area contributed by atoms with Crippen molar-refractivity contribution in [3.63, 3.8) is 0 Å². The summed E-state index contributed by atoms with van der Waals surface area (Å²) in [4.78, 5) is 24.1. The summed E-state index contributed by atoms with van der Waals surface area (Å²) < 4.78 is 16.1. The zero-order valence-corrected chi connectivity index (χ0v) is 14.2. The van der Waals surface area contributed by atoms with E-state index < -0.39 is 12.1 Å². The van der Waals surface area contributed by atoms with Gasteiger partial charge in [0.2, 0.25) is 6.10 Å². The van der Waals surface area contributed by atoms with E-state index in [1.807, 2.05) is 6.07 Å². The van der Waals surface area contributed by atoms with Crippen LogP contribution in [0.2, 0.25) is 5.02 Å². The van der Waals surface area contributed by atoms with E-state index in [-0.39, 0.29) is 29.7 Å². The van der Waals surface area contributed by atoms with Crippen LogP contribution in [-0.2, 0) is 9.53 Å². The van der Waals surface area contributed by atoms with Crippen molar-refractivity contribution in [2.24, 2.45) is 0 Å². The third-order valence-electron chi connectivity index (χ3n) is 3.53. The number of benzene rings is 2. The molecule has 130 valence electrons. The number of amides is 1. The molecule has 25 heavy (non-hydrogen) atoms. The minimum atomic E-state index is -0.779. The summed E-state index contributed by atoms with van der Waals surface area (Å²) in [6.07, 6.45) is -0.779. The van der Waals surface area contributed by atoms with Gasteiger partial charge >= 0.3 is 5.97 Å². The highest BCUT2D eigenvalue weighted by Crippen LogP contribution is 2.31. The Balaban J connectivity index is 1.67. The molecule has 2 aromatic rings. The lowest BCUT2D eigenvalue weighted by molar-refractivity contribution is -0.125. The Morgan fingerprint density at radius 3 is 2.72 bits per heavy atom. The normalized spacial score (nSPS) is 15.4. The first-order chi connectivity index (χ1) is 12.1. The SMILES string of the molecule is CCOC(=O)c1ccc(NC(=O)[C@@H]2COc3ccccc3O2)cc1Cl. The fourth-order valence-electron chi connectivity index (χ4n) is 2.34. The fraction of sp³-hybridized carbons (Fsp3) is 0.222. The molecule has 1 amide bonds. The molecule has 0 aromatic heterocycles. The van der Waals surface area contributed by atoms with Crippen LogP contribution in [0.5, 0.6) is 11.5 Å². The molecule has 6 nitrogen and oxygen atoms in total. The van der Waals surface area contributed by atoms with E-state index in [1.165, 1.54) is 12.1 Å². The quantitative estimate of drug-likeness (QED) is 0.846. The molecule has 1 atom stereocenters. The van der Waals surface area contributed by atoms with E-state index >= 15 is 0 Å². The number of anilines is 1. The predicted molar refractivity (Wildman–Crippen MR) is 92.4 cm³/mol. The van der Waals surface area contributed by atoms with Crippen molar-refractivity contribution >= 4 is 29.2 Å². The molecular formula is C18H16ClNO5. The molecule has 0 saturated heterocycles. The molecule has 0 unspecified atom stereocenters. The van der Waals surface area contributed by atoms with Crippen molar-refractivity contribution in [1.82, 2.24) is 0 Å². The number of nitrogens with one attached hydrogen (secondary N) is 1. The highest BCUT2D eigenvalue weighted by Gasteiger charge is 2.27. The average molecular weight is 362 g/mol. The van der Waals surface area contributed by atoms with E-state index in [4.69, 9.17) is 25.8 Å². The number of esters is 1. The first kappa shape index (κ1) is 17.1. The molecule has 1 N–H and O–H groups in total. The lowest BCUT2D eigenvalue weighted by Gasteiger charge is -2.25. The molecule has 2 aromatic carbocycles. The van der Waals surface area contributed by atoms with Crippen molar-refractivity contribution in [3.8, 4) is 11.5 Å². The van der Waals surface area contributed by atoms with Gasteiger partial charge in [-0.3, -0.25) is 4.79 Å². The minimum absolute atomic E-state index is 0.109. The lowest BCUT2D eigenvalue weighted by Crippen LogP contribution is -2.40. The molecular weight excluding hydrogens is 346 g/mol. The van der Waals surface area contributed by atoms with E-state index in [0.717, 1.165) is 0 Å². The van der Waals surface area contributed by atoms with Crippen molar-refractivity contribution < 1.29 is 23.8 Å². The summed E-state index contributed by atoms with van der Waals surface area (Å²) in [5.74, 6) is 0.249. The smallest absolute Gasteiger partial charge is 0.339 e. The molecule has 0 spiro atoms. The standard InChI is InChI=1S/C18H16ClNO5/c1-2-23-18(22)12-8-7-11(9-13(12)19)20-17(21)16-10-24-14-5-3-4-6-15(14)25-16/h3-9,16H,2,10H2,1H3,(H,20,21)/t16-/m0/s1. The van der Waals surface area contributed by atoms with Gasteiger partial charge in [-0.15, -0.1) is 0 Å².